The molecule has 1 aromatic rings. The van der Waals surface area contributed by atoms with Crippen LogP contribution >= 0.6 is 0 Å². The first kappa shape index (κ1) is 11.9. The normalized spacial score (nSPS) is 19.4. The van der Waals surface area contributed by atoms with Crippen molar-refractivity contribution in [3.8, 4) is 5.75 Å². The summed E-state index contributed by atoms with van der Waals surface area (Å²) in [5.41, 5.74) is 0. The van der Waals surface area contributed by atoms with Gasteiger partial charge in [0.1, 0.15) is 11.6 Å². The van der Waals surface area contributed by atoms with Gasteiger partial charge in [-0.15, -0.1) is 0 Å². The van der Waals surface area contributed by atoms with Gasteiger partial charge in [0.05, 0.1) is 0 Å². The van der Waals surface area contributed by atoms with Gasteiger partial charge in [0.2, 0.25) is 0 Å². The second kappa shape index (κ2) is 5.17. The summed E-state index contributed by atoms with van der Waals surface area (Å²) in [4.78, 5) is 13.6. The molecule has 1 aliphatic rings. The molecule has 0 aromatic heterocycles. The van der Waals surface area contributed by atoms with Crippen LogP contribution in [-0.2, 0) is 4.79 Å². The van der Waals surface area contributed by atoms with Crippen molar-refractivity contribution in [2.45, 2.75) is 25.8 Å². The van der Waals surface area contributed by atoms with Gasteiger partial charge in [-0.1, -0.05) is 6.07 Å². The Kier molecular flexibility index (Phi) is 3.61. The summed E-state index contributed by atoms with van der Waals surface area (Å²) < 4.78 is 18.2. The highest BCUT2D eigenvalue weighted by molar-refractivity contribution is 5.78. The van der Waals surface area contributed by atoms with E-state index in [1.54, 1.807) is 12.1 Å². The molecule has 4 heteroatoms. The lowest BCUT2D eigenvalue weighted by molar-refractivity contribution is -0.133. The summed E-state index contributed by atoms with van der Waals surface area (Å²) in [5.74, 6) is 0.00829. The lowest BCUT2D eigenvalue weighted by Gasteiger charge is -2.21. The summed E-state index contributed by atoms with van der Waals surface area (Å²) >= 11 is 0. The Labute approximate surface area is 100 Å². The number of hydrogen-bond acceptors (Lipinski definition) is 2. The monoisotopic (exact) mass is 237 g/mol. The summed E-state index contributed by atoms with van der Waals surface area (Å²) in [6, 6.07) is 6.12. The smallest absolute Gasteiger partial charge is 0.260 e. The maximum Gasteiger partial charge on any atom is 0.260 e. The van der Waals surface area contributed by atoms with E-state index in [9.17, 15) is 9.18 Å². The van der Waals surface area contributed by atoms with Gasteiger partial charge in [-0.3, -0.25) is 4.79 Å². The molecule has 0 radical (unpaired) electrons. The Hall–Kier alpha value is -1.58. The van der Waals surface area contributed by atoms with Crippen LogP contribution in [0.5, 0.6) is 5.75 Å². The molecule has 1 saturated heterocycles. The maximum atomic E-state index is 12.9. The van der Waals surface area contributed by atoms with Crippen molar-refractivity contribution in [2.75, 3.05) is 13.2 Å². The molecule has 1 unspecified atom stereocenters. The molecule has 0 spiro atoms. The molecule has 1 amide bonds. The number of rotatable bonds is 3. The topological polar surface area (TPSA) is 29.5 Å². The fourth-order valence-electron chi connectivity index (χ4n) is 2.09. The van der Waals surface area contributed by atoms with Crippen molar-refractivity contribution in [3.63, 3.8) is 0 Å². The second-order valence-corrected chi connectivity index (χ2v) is 4.32. The van der Waals surface area contributed by atoms with Crippen LogP contribution in [0.25, 0.3) is 0 Å². The second-order valence-electron chi connectivity index (χ2n) is 4.32. The van der Waals surface area contributed by atoms with Crippen molar-refractivity contribution < 1.29 is 13.9 Å². The molecule has 0 saturated carbocycles. The summed E-state index contributed by atoms with van der Waals surface area (Å²) in [6.45, 7) is 2.81. The predicted octanol–water partition coefficient (Wildman–Crippen LogP) is 2.22. The van der Waals surface area contributed by atoms with Crippen LogP contribution in [0.1, 0.15) is 19.8 Å². The number of benzene rings is 1. The van der Waals surface area contributed by atoms with Crippen LogP contribution in [-0.4, -0.2) is 30.0 Å². The van der Waals surface area contributed by atoms with Crippen LogP contribution in [0.2, 0.25) is 0 Å². The molecule has 17 heavy (non-hydrogen) atoms. The Morgan fingerprint density at radius 3 is 3.06 bits per heavy atom. The SMILES string of the molecule is CC1CCCN1C(=O)COc1cccc(F)c1. The zero-order chi connectivity index (χ0) is 12.3. The quantitative estimate of drug-likeness (QED) is 0.806. The minimum atomic E-state index is -0.357. The van der Waals surface area contributed by atoms with E-state index in [-0.39, 0.29) is 18.3 Å². The Morgan fingerprint density at radius 2 is 2.41 bits per heavy atom. The molecule has 1 aromatic carbocycles. The third kappa shape index (κ3) is 2.96. The number of ether oxygens (including phenoxy) is 1. The first-order valence-electron chi connectivity index (χ1n) is 5.84. The lowest BCUT2D eigenvalue weighted by atomic mass is 10.2. The molecule has 92 valence electrons. The molecule has 3 nitrogen and oxygen atoms in total. The van der Waals surface area contributed by atoms with Gasteiger partial charge < -0.3 is 9.64 Å². The van der Waals surface area contributed by atoms with Gasteiger partial charge >= 0.3 is 0 Å². The first-order chi connectivity index (χ1) is 8.16. The van der Waals surface area contributed by atoms with E-state index in [0.29, 0.717) is 11.8 Å². The highest BCUT2D eigenvalue weighted by Gasteiger charge is 2.25. The molecule has 1 fully saturated rings. The number of carbonyl (C=O) groups excluding carboxylic acids is 1. The standard InChI is InChI=1S/C13H16FNO2/c1-10-4-3-7-15(10)13(16)9-17-12-6-2-5-11(14)8-12/h2,5-6,8,10H,3-4,7,9H2,1H3. The fraction of sp³-hybridized carbons (Fsp3) is 0.462. The highest BCUT2D eigenvalue weighted by Crippen LogP contribution is 2.17. The van der Waals surface area contributed by atoms with Crippen LogP contribution in [0.3, 0.4) is 0 Å². The van der Waals surface area contributed by atoms with Gasteiger partial charge in [0.25, 0.3) is 5.91 Å². The van der Waals surface area contributed by atoms with Gasteiger partial charge in [-0.2, -0.15) is 0 Å². The average Bonchev–Trinajstić information content (AvgIpc) is 2.72. The molecule has 1 aliphatic heterocycles. The first-order valence-corrected chi connectivity index (χ1v) is 5.84. The van der Waals surface area contributed by atoms with Crippen LogP contribution < -0.4 is 4.74 Å². The fourth-order valence-corrected chi connectivity index (χ4v) is 2.09. The van der Waals surface area contributed by atoms with E-state index in [2.05, 4.69) is 0 Å². The Morgan fingerprint density at radius 1 is 1.59 bits per heavy atom. The molecule has 1 heterocycles. The minimum Gasteiger partial charge on any atom is -0.484 e. The van der Waals surface area contributed by atoms with Crippen molar-refractivity contribution >= 4 is 5.91 Å². The van der Waals surface area contributed by atoms with Crippen LogP contribution in [0.4, 0.5) is 4.39 Å². The maximum absolute atomic E-state index is 12.9. The van der Waals surface area contributed by atoms with E-state index in [1.807, 2.05) is 11.8 Å². The third-order valence-electron chi connectivity index (χ3n) is 3.03. The predicted molar refractivity (Wildman–Crippen MR) is 62.3 cm³/mol. The molecular formula is C13H16FNO2. The number of likely N-dealkylation sites (tertiary alicyclic amines) is 1. The summed E-state index contributed by atoms with van der Waals surface area (Å²) in [5, 5.41) is 0. The van der Waals surface area contributed by atoms with E-state index in [1.165, 1.54) is 12.1 Å². The van der Waals surface area contributed by atoms with Crippen molar-refractivity contribution in [1.82, 2.24) is 4.90 Å². The Bertz CT molecular complexity index is 408. The van der Waals surface area contributed by atoms with Gasteiger partial charge in [-0.25, -0.2) is 4.39 Å². The molecule has 1 atom stereocenters. The number of carbonyl (C=O) groups is 1. The Balaban J connectivity index is 1.88. The lowest BCUT2D eigenvalue weighted by Crippen LogP contribution is -2.37. The molecule has 2 rings (SSSR count). The molecular weight excluding hydrogens is 221 g/mol. The van der Waals surface area contributed by atoms with Crippen LogP contribution in [0, 0.1) is 5.82 Å². The van der Waals surface area contributed by atoms with E-state index < -0.39 is 0 Å². The molecule has 0 aliphatic carbocycles. The number of halogens is 1. The van der Waals surface area contributed by atoms with Crippen molar-refractivity contribution in [3.05, 3.63) is 30.1 Å². The number of hydrogen-bond donors (Lipinski definition) is 0. The third-order valence-corrected chi connectivity index (χ3v) is 3.03. The number of amides is 1. The summed E-state index contributed by atoms with van der Waals surface area (Å²) in [7, 11) is 0. The van der Waals surface area contributed by atoms with Crippen molar-refractivity contribution in [2.24, 2.45) is 0 Å². The van der Waals surface area contributed by atoms with Crippen LogP contribution in [0.15, 0.2) is 24.3 Å². The van der Waals surface area contributed by atoms with E-state index >= 15 is 0 Å². The van der Waals surface area contributed by atoms with Gasteiger partial charge in [0.15, 0.2) is 6.61 Å². The van der Waals surface area contributed by atoms with E-state index in [0.717, 1.165) is 19.4 Å². The largest absolute Gasteiger partial charge is 0.484 e. The van der Waals surface area contributed by atoms with Gasteiger partial charge in [-0.05, 0) is 31.9 Å². The molecule has 0 bridgehead atoms. The molecule has 0 N–H and O–H groups in total. The van der Waals surface area contributed by atoms with Crippen molar-refractivity contribution in [1.29, 1.82) is 0 Å². The van der Waals surface area contributed by atoms with Gasteiger partial charge in [0, 0.05) is 18.7 Å². The summed E-state index contributed by atoms with van der Waals surface area (Å²) in [6.07, 6.45) is 2.10. The zero-order valence-electron chi connectivity index (χ0n) is 9.86. The highest BCUT2D eigenvalue weighted by atomic mass is 19.1. The minimum absolute atomic E-state index is 0.0200. The number of nitrogens with zero attached hydrogens (tertiary/aromatic N) is 1. The van der Waals surface area contributed by atoms with E-state index in [4.69, 9.17) is 4.74 Å². The average molecular weight is 237 g/mol. The zero-order valence-corrected chi connectivity index (χ0v) is 9.86.